The van der Waals surface area contributed by atoms with Gasteiger partial charge in [0, 0.05) is 30.6 Å². The molecule has 1 aromatic carbocycles. The number of carbonyl (C=O) groups is 1. The maximum Gasteiger partial charge on any atom is 0.266 e. The molecule has 2 heterocycles. The monoisotopic (exact) mass is 311 g/mol. The third-order valence-corrected chi connectivity index (χ3v) is 4.43. The molecular formula is C18H21N3O2. The highest BCUT2D eigenvalue weighted by molar-refractivity contribution is 5.95. The lowest BCUT2D eigenvalue weighted by Crippen LogP contribution is -2.52. The lowest BCUT2D eigenvalue weighted by Gasteiger charge is -2.39. The predicted molar refractivity (Wildman–Crippen MR) is 88.5 cm³/mol. The van der Waals surface area contributed by atoms with Crippen molar-refractivity contribution >= 4 is 5.91 Å². The highest BCUT2D eigenvalue weighted by Gasteiger charge is 2.31. The third kappa shape index (κ3) is 3.18. The van der Waals surface area contributed by atoms with Crippen molar-refractivity contribution in [1.82, 2.24) is 14.7 Å². The minimum Gasteiger partial charge on any atom is -0.338 e. The number of carbonyl (C=O) groups excluding carboxylic acids is 1. The highest BCUT2D eigenvalue weighted by Crippen LogP contribution is 2.21. The van der Waals surface area contributed by atoms with Crippen molar-refractivity contribution in [3.8, 4) is 0 Å². The van der Waals surface area contributed by atoms with Crippen LogP contribution in [-0.2, 0) is 6.54 Å². The van der Waals surface area contributed by atoms with E-state index in [0.29, 0.717) is 19.6 Å². The molecule has 1 saturated heterocycles. The summed E-state index contributed by atoms with van der Waals surface area (Å²) in [5.74, 6) is 0.353. The molecule has 0 N–H and O–H groups in total. The molecular weight excluding hydrogens is 290 g/mol. The lowest BCUT2D eigenvalue weighted by molar-refractivity contribution is 0.0458. The summed E-state index contributed by atoms with van der Waals surface area (Å²) in [4.78, 5) is 26.1. The quantitative estimate of drug-likeness (QED) is 0.870. The van der Waals surface area contributed by atoms with Crippen molar-refractivity contribution in [2.45, 2.75) is 27.3 Å². The van der Waals surface area contributed by atoms with Crippen LogP contribution in [0.25, 0.3) is 0 Å². The molecule has 120 valence electrons. The molecule has 1 fully saturated rings. The molecule has 23 heavy (non-hydrogen) atoms. The number of hydrogen-bond acceptors (Lipinski definition) is 3. The average molecular weight is 311 g/mol. The Balaban J connectivity index is 1.62. The van der Waals surface area contributed by atoms with Gasteiger partial charge in [0.15, 0.2) is 0 Å². The zero-order valence-electron chi connectivity index (χ0n) is 13.7. The highest BCUT2D eigenvalue weighted by atomic mass is 16.2. The molecule has 5 heteroatoms. The summed E-state index contributed by atoms with van der Waals surface area (Å²) >= 11 is 0. The van der Waals surface area contributed by atoms with Crippen molar-refractivity contribution in [1.29, 1.82) is 0 Å². The topological polar surface area (TPSA) is 55.2 Å². The van der Waals surface area contributed by atoms with E-state index in [9.17, 15) is 9.59 Å². The van der Waals surface area contributed by atoms with Crippen molar-refractivity contribution in [3.63, 3.8) is 0 Å². The fourth-order valence-corrected chi connectivity index (χ4v) is 2.83. The Kier molecular flexibility index (Phi) is 4.03. The van der Waals surface area contributed by atoms with Gasteiger partial charge in [0.2, 0.25) is 0 Å². The molecule has 0 bridgehead atoms. The summed E-state index contributed by atoms with van der Waals surface area (Å²) in [6, 6.07) is 9.06. The molecule has 0 atom stereocenters. The Morgan fingerprint density at radius 1 is 1.13 bits per heavy atom. The van der Waals surface area contributed by atoms with Gasteiger partial charge in [-0.1, -0.05) is 6.07 Å². The Hall–Kier alpha value is -2.43. The summed E-state index contributed by atoms with van der Waals surface area (Å²) in [7, 11) is 0. The molecule has 0 saturated carbocycles. The van der Waals surface area contributed by atoms with E-state index < -0.39 is 0 Å². The largest absolute Gasteiger partial charge is 0.338 e. The first kappa shape index (κ1) is 15.5. The summed E-state index contributed by atoms with van der Waals surface area (Å²) < 4.78 is 1.50. The maximum atomic E-state index is 12.5. The molecule has 2 aromatic rings. The molecule has 1 aliphatic heterocycles. The van der Waals surface area contributed by atoms with Gasteiger partial charge < -0.3 is 4.90 Å². The summed E-state index contributed by atoms with van der Waals surface area (Å²) in [6.07, 6.45) is 0. The first-order valence-corrected chi connectivity index (χ1v) is 7.85. The van der Waals surface area contributed by atoms with E-state index in [0.717, 1.165) is 16.8 Å². The first-order valence-electron chi connectivity index (χ1n) is 7.85. The normalized spacial score (nSPS) is 14.7. The molecule has 0 spiro atoms. The van der Waals surface area contributed by atoms with Gasteiger partial charge in [-0.15, -0.1) is 0 Å². The lowest BCUT2D eigenvalue weighted by atomic mass is 9.98. The molecule has 5 nitrogen and oxygen atoms in total. The fraction of sp³-hybridized carbons (Fsp3) is 0.389. The van der Waals surface area contributed by atoms with Crippen LogP contribution in [0.3, 0.4) is 0 Å². The van der Waals surface area contributed by atoms with Crippen LogP contribution in [-0.4, -0.2) is 33.7 Å². The van der Waals surface area contributed by atoms with E-state index in [1.165, 1.54) is 10.2 Å². The van der Waals surface area contributed by atoms with Gasteiger partial charge in [0.25, 0.3) is 11.5 Å². The molecule has 1 aliphatic rings. The second-order valence-electron chi connectivity index (χ2n) is 6.37. The molecule has 1 aromatic heterocycles. The van der Waals surface area contributed by atoms with Crippen molar-refractivity contribution in [2.75, 3.05) is 13.1 Å². The molecule has 3 rings (SSSR count). The zero-order chi connectivity index (χ0) is 16.6. The van der Waals surface area contributed by atoms with Crippen LogP contribution in [0.2, 0.25) is 0 Å². The summed E-state index contributed by atoms with van der Waals surface area (Å²) in [6.45, 7) is 7.84. The van der Waals surface area contributed by atoms with Crippen molar-refractivity contribution in [2.24, 2.45) is 5.92 Å². The van der Waals surface area contributed by atoms with Crippen molar-refractivity contribution in [3.05, 3.63) is 63.1 Å². The maximum absolute atomic E-state index is 12.5. The second-order valence-corrected chi connectivity index (χ2v) is 6.37. The Morgan fingerprint density at radius 2 is 1.87 bits per heavy atom. The van der Waals surface area contributed by atoms with Gasteiger partial charge >= 0.3 is 0 Å². The number of aryl methyl sites for hydroxylation is 3. The zero-order valence-corrected chi connectivity index (χ0v) is 13.7. The van der Waals surface area contributed by atoms with Crippen LogP contribution in [0.1, 0.15) is 27.2 Å². The van der Waals surface area contributed by atoms with Gasteiger partial charge in [-0.2, -0.15) is 5.10 Å². The van der Waals surface area contributed by atoms with E-state index in [-0.39, 0.29) is 17.4 Å². The Labute approximate surface area is 135 Å². The van der Waals surface area contributed by atoms with Gasteiger partial charge in [0.05, 0.1) is 12.2 Å². The Morgan fingerprint density at radius 3 is 2.57 bits per heavy atom. The molecule has 1 amide bonds. The number of rotatable bonds is 3. The van der Waals surface area contributed by atoms with Gasteiger partial charge in [-0.05, 0) is 50.1 Å². The minimum atomic E-state index is -0.0884. The molecule has 0 aliphatic carbocycles. The van der Waals surface area contributed by atoms with E-state index in [1.54, 1.807) is 12.1 Å². The Bertz CT molecular complexity index is 804. The van der Waals surface area contributed by atoms with Crippen LogP contribution in [0.5, 0.6) is 0 Å². The summed E-state index contributed by atoms with van der Waals surface area (Å²) in [5, 5.41) is 4.24. The smallest absolute Gasteiger partial charge is 0.266 e. The van der Waals surface area contributed by atoms with Gasteiger partial charge in [-0.25, -0.2) is 4.68 Å². The second kappa shape index (κ2) is 5.99. The number of amides is 1. The van der Waals surface area contributed by atoms with Crippen LogP contribution in [0.4, 0.5) is 0 Å². The SMILES string of the molecule is Cc1ccc(=O)n(CC2CN(C(=O)c3ccc(C)c(C)c3)C2)n1. The van der Waals surface area contributed by atoms with E-state index in [2.05, 4.69) is 5.10 Å². The van der Waals surface area contributed by atoms with Gasteiger partial charge in [0.1, 0.15) is 0 Å². The number of likely N-dealkylation sites (tertiary alicyclic amines) is 1. The molecule has 0 unspecified atom stereocenters. The van der Waals surface area contributed by atoms with Gasteiger partial charge in [-0.3, -0.25) is 9.59 Å². The van der Waals surface area contributed by atoms with E-state index in [4.69, 9.17) is 0 Å². The van der Waals surface area contributed by atoms with Crippen LogP contribution >= 0.6 is 0 Å². The van der Waals surface area contributed by atoms with E-state index >= 15 is 0 Å². The predicted octanol–water partition coefficient (Wildman–Crippen LogP) is 1.94. The number of aromatic nitrogens is 2. The first-order chi connectivity index (χ1) is 10.9. The van der Waals surface area contributed by atoms with Crippen LogP contribution < -0.4 is 5.56 Å². The number of hydrogen-bond donors (Lipinski definition) is 0. The number of nitrogens with zero attached hydrogens (tertiary/aromatic N) is 3. The fourth-order valence-electron chi connectivity index (χ4n) is 2.83. The van der Waals surface area contributed by atoms with Crippen LogP contribution in [0, 0.1) is 26.7 Å². The van der Waals surface area contributed by atoms with Crippen LogP contribution in [0.15, 0.2) is 35.1 Å². The van der Waals surface area contributed by atoms with Crippen molar-refractivity contribution < 1.29 is 4.79 Å². The minimum absolute atomic E-state index is 0.0638. The number of benzene rings is 1. The molecule has 0 radical (unpaired) electrons. The average Bonchev–Trinajstić information content (AvgIpc) is 2.48. The van der Waals surface area contributed by atoms with E-state index in [1.807, 2.05) is 43.9 Å². The summed E-state index contributed by atoms with van der Waals surface area (Å²) in [5.41, 5.74) is 3.79. The standard InChI is InChI=1S/C18H21N3O2/c1-12-4-6-16(8-13(12)2)18(23)20-9-15(10-20)11-21-17(22)7-5-14(3)19-21/h4-8,15H,9-11H2,1-3H3. The third-order valence-electron chi connectivity index (χ3n) is 4.43.